The molecule has 0 radical (unpaired) electrons. The predicted molar refractivity (Wildman–Crippen MR) is 33.7 cm³/mol. The monoisotopic (exact) mass is 139 g/mol. The molecule has 52 valence electrons. The van der Waals surface area contributed by atoms with Crippen molar-refractivity contribution in [2.75, 3.05) is 6.61 Å². The van der Waals surface area contributed by atoms with Gasteiger partial charge in [0.1, 0.15) is 0 Å². The van der Waals surface area contributed by atoms with E-state index in [9.17, 15) is 9.59 Å². The highest BCUT2D eigenvalue weighted by molar-refractivity contribution is 6.63. The van der Waals surface area contributed by atoms with Gasteiger partial charge < -0.3 is 5.11 Å². The summed E-state index contributed by atoms with van der Waals surface area (Å²) >= 11 is 0. The normalized spacial score (nSPS) is 17.5. The Bertz CT molecular complexity index is 239. The number of aliphatic hydroxyl groups excluding tert-OH is 1. The second kappa shape index (κ2) is 2.53. The van der Waals surface area contributed by atoms with Crippen LogP contribution in [0.25, 0.3) is 0 Å². The molecule has 0 fully saturated rings. The first-order chi connectivity index (χ1) is 4.75. The molecule has 0 aromatic heterocycles. The Labute approximate surface area is 56.9 Å². The van der Waals surface area contributed by atoms with Crippen molar-refractivity contribution < 1.29 is 14.7 Å². The number of aliphatic imine (C=N–C) groups is 1. The van der Waals surface area contributed by atoms with E-state index in [0.717, 1.165) is 6.21 Å². The standard InChI is InChI=1S/C6H5NO3/c8-3-4-1-7-2-5(9)6(4)10/h1-2,8H,3H2. The average Bonchev–Trinajstić information content (AvgIpc) is 1.95. The van der Waals surface area contributed by atoms with Gasteiger partial charge in [-0.05, 0) is 0 Å². The van der Waals surface area contributed by atoms with E-state index in [1.54, 1.807) is 0 Å². The number of ketones is 2. The second-order valence-electron chi connectivity index (χ2n) is 1.78. The van der Waals surface area contributed by atoms with Crippen molar-refractivity contribution in [2.24, 2.45) is 4.99 Å². The highest BCUT2D eigenvalue weighted by Gasteiger charge is 2.18. The van der Waals surface area contributed by atoms with E-state index < -0.39 is 18.2 Å². The van der Waals surface area contributed by atoms with Crippen LogP contribution in [0.2, 0.25) is 0 Å². The topological polar surface area (TPSA) is 66.7 Å². The van der Waals surface area contributed by atoms with Crippen molar-refractivity contribution in [1.82, 2.24) is 0 Å². The molecule has 0 saturated carbocycles. The lowest BCUT2D eigenvalue weighted by molar-refractivity contribution is -0.130. The zero-order chi connectivity index (χ0) is 7.56. The summed E-state index contributed by atoms with van der Waals surface area (Å²) in [6, 6.07) is 0. The van der Waals surface area contributed by atoms with Crippen LogP contribution >= 0.6 is 0 Å². The quantitative estimate of drug-likeness (QED) is 0.478. The zero-order valence-corrected chi connectivity index (χ0v) is 5.07. The molecular weight excluding hydrogens is 134 g/mol. The second-order valence-corrected chi connectivity index (χ2v) is 1.78. The SMILES string of the molecule is O=C1C=NC=C(CO)C1=O. The van der Waals surface area contributed by atoms with Crippen molar-refractivity contribution in [3.05, 3.63) is 11.8 Å². The lowest BCUT2D eigenvalue weighted by Crippen LogP contribution is -2.21. The van der Waals surface area contributed by atoms with Gasteiger partial charge in [-0.25, -0.2) is 0 Å². The van der Waals surface area contributed by atoms with E-state index in [1.165, 1.54) is 6.20 Å². The lowest BCUT2D eigenvalue weighted by Gasteiger charge is -2.00. The Hall–Kier alpha value is -1.29. The Kier molecular flexibility index (Phi) is 1.73. The minimum absolute atomic E-state index is 0.0486. The third-order valence-corrected chi connectivity index (χ3v) is 1.11. The molecule has 0 saturated heterocycles. The van der Waals surface area contributed by atoms with Crippen LogP contribution in [0.3, 0.4) is 0 Å². The summed E-state index contributed by atoms with van der Waals surface area (Å²) in [6.45, 7) is -0.429. The van der Waals surface area contributed by atoms with Crippen molar-refractivity contribution in [1.29, 1.82) is 0 Å². The first-order valence-electron chi connectivity index (χ1n) is 2.67. The Morgan fingerprint density at radius 1 is 1.50 bits per heavy atom. The molecule has 1 aliphatic heterocycles. The van der Waals surface area contributed by atoms with Crippen LogP contribution < -0.4 is 0 Å². The van der Waals surface area contributed by atoms with Crippen LogP contribution in [-0.2, 0) is 9.59 Å². The number of hydrogen-bond acceptors (Lipinski definition) is 4. The Morgan fingerprint density at radius 2 is 2.20 bits per heavy atom. The van der Waals surface area contributed by atoms with Gasteiger partial charge in [0.15, 0.2) is 0 Å². The van der Waals surface area contributed by atoms with Crippen LogP contribution in [0, 0.1) is 0 Å². The number of Topliss-reactive ketones (excluding diaryl/α,β-unsaturated/α-hetero) is 2. The maximum absolute atomic E-state index is 10.7. The van der Waals surface area contributed by atoms with E-state index in [1.807, 2.05) is 0 Å². The number of aliphatic hydroxyl groups is 1. The molecule has 0 aromatic rings. The van der Waals surface area contributed by atoms with Gasteiger partial charge in [-0.2, -0.15) is 0 Å². The van der Waals surface area contributed by atoms with E-state index in [2.05, 4.69) is 4.99 Å². The maximum atomic E-state index is 10.7. The summed E-state index contributed by atoms with van der Waals surface area (Å²) in [5.41, 5.74) is 0.0486. The fourth-order valence-corrected chi connectivity index (χ4v) is 0.583. The molecule has 1 heterocycles. The van der Waals surface area contributed by atoms with Gasteiger partial charge in [0.25, 0.3) is 0 Å². The minimum atomic E-state index is -0.674. The number of rotatable bonds is 1. The third kappa shape index (κ3) is 1.01. The van der Waals surface area contributed by atoms with Crippen molar-refractivity contribution in [3.8, 4) is 0 Å². The maximum Gasteiger partial charge on any atom is 0.244 e. The van der Waals surface area contributed by atoms with Gasteiger partial charge in [-0.1, -0.05) is 0 Å². The molecule has 0 bridgehead atoms. The molecule has 0 aliphatic carbocycles. The summed E-state index contributed by atoms with van der Waals surface area (Å²) in [6.07, 6.45) is 2.12. The third-order valence-electron chi connectivity index (χ3n) is 1.11. The summed E-state index contributed by atoms with van der Waals surface area (Å²) in [4.78, 5) is 24.6. The largest absolute Gasteiger partial charge is 0.391 e. The highest BCUT2D eigenvalue weighted by atomic mass is 16.3. The summed E-state index contributed by atoms with van der Waals surface area (Å²) < 4.78 is 0. The zero-order valence-electron chi connectivity index (χ0n) is 5.07. The molecule has 0 spiro atoms. The van der Waals surface area contributed by atoms with Gasteiger partial charge in [-0.3, -0.25) is 14.6 Å². The Balaban J connectivity index is 2.92. The fourth-order valence-electron chi connectivity index (χ4n) is 0.583. The summed E-state index contributed by atoms with van der Waals surface area (Å²) in [5.74, 6) is -1.34. The minimum Gasteiger partial charge on any atom is -0.391 e. The molecule has 0 unspecified atom stereocenters. The van der Waals surface area contributed by atoms with Crippen LogP contribution in [0.1, 0.15) is 0 Å². The van der Waals surface area contributed by atoms with Gasteiger partial charge in [-0.15, -0.1) is 0 Å². The number of carbonyl (C=O) groups is 2. The molecular formula is C6H5NO3. The van der Waals surface area contributed by atoms with E-state index in [4.69, 9.17) is 5.11 Å². The van der Waals surface area contributed by atoms with Crippen LogP contribution in [-0.4, -0.2) is 29.5 Å². The van der Waals surface area contributed by atoms with Gasteiger partial charge in [0.05, 0.1) is 12.8 Å². The molecule has 4 heteroatoms. The molecule has 10 heavy (non-hydrogen) atoms. The Morgan fingerprint density at radius 3 is 2.70 bits per heavy atom. The van der Waals surface area contributed by atoms with Gasteiger partial charge in [0, 0.05) is 11.8 Å². The predicted octanol–water partition coefficient (Wildman–Crippen LogP) is -0.915. The summed E-state index contributed by atoms with van der Waals surface area (Å²) in [5, 5.41) is 8.46. The first kappa shape index (κ1) is 6.82. The van der Waals surface area contributed by atoms with Crippen molar-refractivity contribution >= 4 is 17.8 Å². The molecule has 0 atom stereocenters. The average molecular weight is 139 g/mol. The van der Waals surface area contributed by atoms with Crippen LogP contribution in [0.4, 0.5) is 0 Å². The number of nitrogens with zero attached hydrogens (tertiary/aromatic N) is 1. The first-order valence-corrected chi connectivity index (χ1v) is 2.67. The van der Waals surface area contributed by atoms with Gasteiger partial charge in [0.2, 0.25) is 11.6 Å². The summed E-state index contributed by atoms with van der Waals surface area (Å²) in [7, 11) is 0. The van der Waals surface area contributed by atoms with Crippen LogP contribution in [0.15, 0.2) is 16.8 Å². The van der Waals surface area contributed by atoms with Crippen LogP contribution in [0.5, 0.6) is 0 Å². The fraction of sp³-hybridized carbons (Fsp3) is 0.167. The van der Waals surface area contributed by atoms with Gasteiger partial charge >= 0.3 is 0 Å². The number of carbonyl (C=O) groups excluding carboxylic acids is 2. The number of hydrogen-bond donors (Lipinski definition) is 1. The molecule has 4 nitrogen and oxygen atoms in total. The van der Waals surface area contributed by atoms with Crippen molar-refractivity contribution in [3.63, 3.8) is 0 Å². The lowest BCUT2D eigenvalue weighted by atomic mass is 10.1. The molecule has 1 N–H and O–H groups in total. The smallest absolute Gasteiger partial charge is 0.244 e. The van der Waals surface area contributed by atoms with E-state index in [-0.39, 0.29) is 5.57 Å². The molecule has 1 aliphatic rings. The molecule has 0 aromatic carbocycles. The molecule has 1 rings (SSSR count). The van der Waals surface area contributed by atoms with E-state index in [0.29, 0.717) is 0 Å². The molecule has 0 amide bonds. The van der Waals surface area contributed by atoms with Crippen molar-refractivity contribution in [2.45, 2.75) is 0 Å². The van der Waals surface area contributed by atoms with E-state index >= 15 is 0 Å². The highest BCUT2D eigenvalue weighted by Crippen LogP contribution is 2.00.